The van der Waals surface area contributed by atoms with Crippen LogP contribution in [0.5, 0.6) is 0 Å². The second-order valence-corrected chi connectivity index (χ2v) is 6.39. The zero-order chi connectivity index (χ0) is 16.2. The molecular formula is C16H20N2O4S. The van der Waals surface area contributed by atoms with Crippen LogP contribution in [0.1, 0.15) is 33.8 Å². The predicted octanol–water partition coefficient (Wildman–Crippen LogP) is 2.46. The molecule has 1 saturated heterocycles. The topological polar surface area (TPSA) is 73.6 Å². The van der Waals surface area contributed by atoms with Crippen molar-refractivity contribution in [2.24, 2.45) is 0 Å². The second-order valence-electron chi connectivity index (χ2n) is 5.61. The first-order valence-electron chi connectivity index (χ1n) is 7.59. The molecule has 0 radical (unpaired) electrons. The molecule has 0 aliphatic carbocycles. The fourth-order valence-electron chi connectivity index (χ4n) is 2.58. The number of hydrogen-bond donors (Lipinski definition) is 1. The van der Waals surface area contributed by atoms with E-state index in [1.54, 1.807) is 0 Å². The van der Waals surface area contributed by atoms with Gasteiger partial charge in [0.2, 0.25) is 0 Å². The van der Waals surface area contributed by atoms with Gasteiger partial charge in [-0.25, -0.2) is 0 Å². The molecule has 3 rings (SSSR count). The first-order valence-corrected chi connectivity index (χ1v) is 8.53. The van der Waals surface area contributed by atoms with Gasteiger partial charge in [0.15, 0.2) is 0 Å². The number of ether oxygens (including phenoxy) is 2. The van der Waals surface area contributed by atoms with Gasteiger partial charge in [-0.1, -0.05) is 5.16 Å². The molecule has 1 fully saturated rings. The lowest BCUT2D eigenvalue weighted by atomic mass is 10.1. The van der Waals surface area contributed by atoms with Crippen molar-refractivity contribution in [3.05, 3.63) is 39.4 Å². The minimum atomic E-state index is -0.181. The molecule has 1 aliphatic heterocycles. The van der Waals surface area contributed by atoms with Gasteiger partial charge in [0.1, 0.15) is 11.9 Å². The number of carbonyl (C=O) groups excluding carboxylic acids is 1. The molecule has 23 heavy (non-hydrogen) atoms. The average molecular weight is 336 g/mol. The van der Waals surface area contributed by atoms with Crippen LogP contribution in [0, 0.1) is 13.8 Å². The third kappa shape index (κ3) is 3.80. The minimum Gasteiger partial charge on any atom is -0.379 e. The van der Waals surface area contributed by atoms with E-state index in [9.17, 15) is 4.79 Å². The summed E-state index contributed by atoms with van der Waals surface area (Å²) in [5, 5.41) is 10.7. The molecule has 2 aromatic rings. The highest BCUT2D eigenvalue weighted by Gasteiger charge is 2.29. The van der Waals surface area contributed by atoms with Crippen LogP contribution in [-0.2, 0) is 16.1 Å². The average Bonchev–Trinajstić information content (AvgIpc) is 3.18. The Morgan fingerprint density at radius 2 is 2.39 bits per heavy atom. The predicted molar refractivity (Wildman–Crippen MR) is 85.6 cm³/mol. The van der Waals surface area contributed by atoms with Crippen LogP contribution in [0.3, 0.4) is 0 Å². The molecule has 0 spiro atoms. The molecule has 0 saturated carbocycles. The Bertz CT molecular complexity index is 634. The molecule has 6 nitrogen and oxygen atoms in total. The molecule has 1 amide bonds. The summed E-state index contributed by atoms with van der Waals surface area (Å²) in [5.74, 6) is 0.696. The van der Waals surface area contributed by atoms with Crippen molar-refractivity contribution < 1.29 is 18.8 Å². The summed E-state index contributed by atoms with van der Waals surface area (Å²) in [6.07, 6.45) is 0.558. The summed E-state index contributed by atoms with van der Waals surface area (Å²) in [5.41, 5.74) is 2.47. The zero-order valence-corrected chi connectivity index (χ0v) is 14.0. The first kappa shape index (κ1) is 16.2. The Kier molecular flexibility index (Phi) is 5.09. The Balaban J connectivity index is 1.61. The SMILES string of the molecule is Cc1noc(C)c1CO[C@@H]1COCC[C@H]1NC(=O)c1ccsc1. The lowest BCUT2D eigenvalue weighted by Gasteiger charge is -2.32. The van der Waals surface area contributed by atoms with Crippen LogP contribution in [0.4, 0.5) is 0 Å². The van der Waals surface area contributed by atoms with Crippen LogP contribution in [0.25, 0.3) is 0 Å². The standard InChI is InChI=1S/C16H20N2O4S/c1-10-13(11(2)22-18-10)7-21-15-8-20-5-3-14(15)17-16(19)12-4-6-23-9-12/h4,6,9,14-15H,3,5,7-8H2,1-2H3,(H,17,19)/t14-,15-/m1/s1. The molecule has 3 heterocycles. The molecule has 2 aromatic heterocycles. The summed E-state index contributed by atoms with van der Waals surface area (Å²) >= 11 is 1.51. The van der Waals surface area contributed by atoms with Crippen LogP contribution in [0.2, 0.25) is 0 Å². The van der Waals surface area contributed by atoms with Crippen molar-refractivity contribution >= 4 is 17.2 Å². The van der Waals surface area contributed by atoms with E-state index in [1.807, 2.05) is 30.7 Å². The van der Waals surface area contributed by atoms with Crippen LogP contribution >= 0.6 is 11.3 Å². The van der Waals surface area contributed by atoms with E-state index in [-0.39, 0.29) is 18.1 Å². The fraction of sp³-hybridized carbons (Fsp3) is 0.500. The third-order valence-corrected chi connectivity index (χ3v) is 4.71. The molecule has 124 valence electrons. The van der Waals surface area contributed by atoms with E-state index >= 15 is 0 Å². The lowest BCUT2D eigenvalue weighted by Crippen LogP contribution is -2.49. The number of carbonyl (C=O) groups is 1. The van der Waals surface area contributed by atoms with E-state index in [0.717, 1.165) is 23.4 Å². The van der Waals surface area contributed by atoms with Gasteiger partial charge in [-0.3, -0.25) is 4.79 Å². The molecule has 0 unspecified atom stereocenters. The maximum Gasteiger partial charge on any atom is 0.252 e. The number of thiophene rings is 1. The fourth-order valence-corrected chi connectivity index (χ4v) is 3.22. The zero-order valence-electron chi connectivity index (χ0n) is 13.2. The number of rotatable bonds is 5. The number of nitrogens with one attached hydrogen (secondary N) is 1. The lowest BCUT2D eigenvalue weighted by molar-refractivity contribution is -0.0739. The third-order valence-electron chi connectivity index (χ3n) is 4.03. The Morgan fingerprint density at radius 1 is 1.52 bits per heavy atom. The number of aryl methyl sites for hydroxylation is 2. The second kappa shape index (κ2) is 7.25. The van der Waals surface area contributed by atoms with Crippen molar-refractivity contribution in [1.29, 1.82) is 0 Å². The largest absolute Gasteiger partial charge is 0.379 e. The van der Waals surface area contributed by atoms with Crippen LogP contribution < -0.4 is 5.32 Å². The van der Waals surface area contributed by atoms with Crippen molar-refractivity contribution in [3.8, 4) is 0 Å². The summed E-state index contributed by atoms with van der Waals surface area (Å²) in [6, 6.07) is 1.76. The van der Waals surface area contributed by atoms with E-state index in [1.165, 1.54) is 11.3 Å². The quantitative estimate of drug-likeness (QED) is 0.908. The van der Waals surface area contributed by atoms with Gasteiger partial charge in [0, 0.05) is 23.1 Å². The van der Waals surface area contributed by atoms with Crippen LogP contribution in [-0.4, -0.2) is 36.4 Å². The maximum atomic E-state index is 12.2. The van der Waals surface area contributed by atoms with E-state index in [4.69, 9.17) is 14.0 Å². The summed E-state index contributed by atoms with van der Waals surface area (Å²) in [6.45, 7) is 5.26. The van der Waals surface area contributed by atoms with E-state index in [0.29, 0.717) is 25.4 Å². The molecule has 7 heteroatoms. The smallest absolute Gasteiger partial charge is 0.252 e. The van der Waals surface area contributed by atoms with Gasteiger partial charge < -0.3 is 19.3 Å². The molecule has 2 atom stereocenters. The van der Waals surface area contributed by atoms with Gasteiger partial charge in [-0.05, 0) is 31.7 Å². The summed E-state index contributed by atoms with van der Waals surface area (Å²) < 4.78 is 16.6. The summed E-state index contributed by atoms with van der Waals surface area (Å²) in [7, 11) is 0. The highest BCUT2D eigenvalue weighted by molar-refractivity contribution is 7.08. The maximum absolute atomic E-state index is 12.2. The summed E-state index contributed by atoms with van der Waals surface area (Å²) in [4.78, 5) is 12.2. The van der Waals surface area contributed by atoms with Gasteiger partial charge in [0.25, 0.3) is 5.91 Å². The molecule has 0 bridgehead atoms. The van der Waals surface area contributed by atoms with Crippen molar-refractivity contribution in [2.45, 2.75) is 39.0 Å². The van der Waals surface area contributed by atoms with E-state index < -0.39 is 0 Å². The molecule has 0 aromatic carbocycles. The van der Waals surface area contributed by atoms with Crippen molar-refractivity contribution in [3.63, 3.8) is 0 Å². The molecule has 1 N–H and O–H groups in total. The van der Waals surface area contributed by atoms with Gasteiger partial charge >= 0.3 is 0 Å². The van der Waals surface area contributed by atoms with E-state index in [2.05, 4.69) is 10.5 Å². The van der Waals surface area contributed by atoms with Crippen molar-refractivity contribution in [2.75, 3.05) is 13.2 Å². The molecule has 1 aliphatic rings. The van der Waals surface area contributed by atoms with Gasteiger partial charge in [0.05, 0.1) is 24.9 Å². The number of aromatic nitrogens is 1. The number of nitrogens with zero attached hydrogens (tertiary/aromatic N) is 1. The normalized spacial score (nSPS) is 21.3. The highest BCUT2D eigenvalue weighted by atomic mass is 32.1. The first-order chi connectivity index (χ1) is 11.1. The Hall–Kier alpha value is -1.70. The minimum absolute atomic E-state index is 0.0587. The number of hydrogen-bond acceptors (Lipinski definition) is 6. The van der Waals surface area contributed by atoms with Gasteiger partial charge in [-0.2, -0.15) is 11.3 Å². The Morgan fingerprint density at radius 3 is 3.09 bits per heavy atom. The van der Waals surface area contributed by atoms with Crippen molar-refractivity contribution in [1.82, 2.24) is 10.5 Å². The highest BCUT2D eigenvalue weighted by Crippen LogP contribution is 2.18. The molecular weight excluding hydrogens is 316 g/mol. The number of amides is 1. The van der Waals surface area contributed by atoms with Crippen LogP contribution in [0.15, 0.2) is 21.3 Å². The van der Waals surface area contributed by atoms with Gasteiger partial charge in [-0.15, -0.1) is 0 Å². The Labute approximate surface area is 138 Å². The monoisotopic (exact) mass is 336 g/mol.